The summed E-state index contributed by atoms with van der Waals surface area (Å²) in [6.07, 6.45) is 0. The maximum Gasteiger partial charge on any atom is 0.182 e. The second-order valence-electron chi connectivity index (χ2n) is 5.38. The van der Waals surface area contributed by atoms with Crippen LogP contribution in [-0.4, -0.2) is 16.9 Å². The Hall–Kier alpha value is -2.19. The maximum atomic E-state index is 12.8. The van der Waals surface area contributed by atoms with E-state index < -0.39 is 11.3 Å². The van der Waals surface area contributed by atoms with Crippen molar-refractivity contribution in [2.45, 2.75) is 18.2 Å². The summed E-state index contributed by atoms with van der Waals surface area (Å²) in [4.78, 5) is 25.5. The zero-order chi connectivity index (χ0) is 15.7. The van der Waals surface area contributed by atoms with E-state index >= 15 is 0 Å². The van der Waals surface area contributed by atoms with E-state index in [0.29, 0.717) is 11.1 Å². The molecule has 0 saturated carbocycles. The van der Waals surface area contributed by atoms with E-state index in [-0.39, 0.29) is 11.6 Å². The van der Waals surface area contributed by atoms with Crippen LogP contribution in [0.2, 0.25) is 0 Å². The van der Waals surface area contributed by atoms with Crippen molar-refractivity contribution < 1.29 is 9.59 Å². The Morgan fingerprint density at radius 3 is 1.95 bits per heavy atom. The van der Waals surface area contributed by atoms with Crippen LogP contribution in [0, 0.1) is 0 Å². The largest absolute Gasteiger partial charge is 0.294 e. The van der Waals surface area contributed by atoms with Crippen molar-refractivity contribution in [3.63, 3.8) is 0 Å². The summed E-state index contributed by atoms with van der Waals surface area (Å²) in [6, 6.07) is 18.5. The van der Waals surface area contributed by atoms with E-state index in [4.69, 9.17) is 11.6 Å². The van der Waals surface area contributed by atoms with Gasteiger partial charge in [-0.2, -0.15) is 0 Å². The number of halogens is 1. The fraction of sp³-hybridized carbons (Fsp3) is 0.158. The fourth-order valence-electron chi connectivity index (χ4n) is 2.91. The Morgan fingerprint density at radius 1 is 0.818 bits per heavy atom. The Kier molecular flexibility index (Phi) is 3.95. The Morgan fingerprint density at radius 2 is 1.36 bits per heavy atom. The zero-order valence-corrected chi connectivity index (χ0v) is 12.9. The number of hydrogen-bond donors (Lipinski definition) is 0. The third kappa shape index (κ3) is 2.40. The molecule has 0 amide bonds. The normalized spacial score (nSPS) is 22.1. The SMILES string of the molecule is CC1=C(c2ccccc2)C(=O)C(Cl)C(c2ccccc2)C1=O. The van der Waals surface area contributed by atoms with Gasteiger partial charge < -0.3 is 0 Å². The molecule has 22 heavy (non-hydrogen) atoms. The van der Waals surface area contributed by atoms with E-state index in [9.17, 15) is 9.59 Å². The molecule has 3 heteroatoms. The predicted octanol–water partition coefficient (Wildman–Crippen LogP) is 4.00. The topological polar surface area (TPSA) is 34.1 Å². The Labute approximate surface area is 134 Å². The smallest absolute Gasteiger partial charge is 0.182 e. The second-order valence-corrected chi connectivity index (χ2v) is 5.85. The molecule has 1 aliphatic carbocycles. The molecule has 0 radical (unpaired) electrons. The lowest BCUT2D eigenvalue weighted by Crippen LogP contribution is -2.36. The summed E-state index contributed by atoms with van der Waals surface area (Å²) in [6.45, 7) is 1.71. The zero-order valence-electron chi connectivity index (χ0n) is 12.1. The number of allylic oxidation sites excluding steroid dienone is 2. The third-order valence-electron chi connectivity index (χ3n) is 4.04. The van der Waals surface area contributed by atoms with E-state index in [1.807, 2.05) is 60.7 Å². The molecule has 2 aromatic carbocycles. The van der Waals surface area contributed by atoms with Crippen LogP contribution in [0.1, 0.15) is 24.0 Å². The molecule has 0 aliphatic heterocycles. The van der Waals surface area contributed by atoms with Crippen LogP contribution < -0.4 is 0 Å². The first kappa shape index (κ1) is 14.7. The molecule has 0 aromatic heterocycles. The summed E-state index contributed by atoms with van der Waals surface area (Å²) >= 11 is 6.37. The molecule has 0 spiro atoms. The molecule has 0 N–H and O–H groups in total. The lowest BCUT2D eigenvalue weighted by Gasteiger charge is -2.28. The molecule has 2 atom stereocenters. The van der Waals surface area contributed by atoms with Gasteiger partial charge in [-0.05, 0) is 18.1 Å². The summed E-state index contributed by atoms with van der Waals surface area (Å²) in [5, 5.41) is -0.867. The van der Waals surface area contributed by atoms with Crippen molar-refractivity contribution in [1.29, 1.82) is 0 Å². The molecule has 2 unspecified atom stereocenters. The minimum Gasteiger partial charge on any atom is -0.294 e. The summed E-state index contributed by atoms with van der Waals surface area (Å²) in [7, 11) is 0. The quantitative estimate of drug-likeness (QED) is 0.786. The van der Waals surface area contributed by atoms with Crippen molar-refractivity contribution in [1.82, 2.24) is 0 Å². The van der Waals surface area contributed by atoms with Crippen LogP contribution in [-0.2, 0) is 9.59 Å². The van der Waals surface area contributed by atoms with Crippen LogP contribution in [0.5, 0.6) is 0 Å². The number of carbonyl (C=O) groups is 2. The van der Waals surface area contributed by atoms with Crippen molar-refractivity contribution in [2.24, 2.45) is 0 Å². The van der Waals surface area contributed by atoms with E-state index in [1.54, 1.807) is 6.92 Å². The molecule has 110 valence electrons. The van der Waals surface area contributed by atoms with Gasteiger partial charge in [0.2, 0.25) is 0 Å². The number of hydrogen-bond acceptors (Lipinski definition) is 2. The number of rotatable bonds is 2. The summed E-state index contributed by atoms with van der Waals surface area (Å²) < 4.78 is 0. The minimum atomic E-state index is -0.867. The van der Waals surface area contributed by atoms with Gasteiger partial charge >= 0.3 is 0 Å². The van der Waals surface area contributed by atoms with E-state index in [2.05, 4.69) is 0 Å². The molecular weight excluding hydrogens is 296 g/mol. The van der Waals surface area contributed by atoms with Gasteiger partial charge in [0.1, 0.15) is 5.38 Å². The lowest BCUT2D eigenvalue weighted by molar-refractivity contribution is -0.122. The Bertz CT molecular complexity index is 748. The molecule has 2 nitrogen and oxygen atoms in total. The molecule has 3 rings (SSSR count). The molecular formula is C19H15ClO2. The van der Waals surface area contributed by atoms with Gasteiger partial charge in [0.05, 0.1) is 5.92 Å². The number of benzene rings is 2. The highest BCUT2D eigenvalue weighted by molar-refractivity contribution is 6.46. The number of alkyl halides is 1. The highest BCUT2D eigenvalue weighted by atomic mass is 35.5. The van der Waals surface area contributed by atoms with Crippen LogP contribution >= 0.6 is 11.6 Å². The first-order valence-corrected chi connectivity index (χ1v) is 7.58. The van der Waals surface area contributed by atoms with Gasteiger partial charge in [-0.1, -0.05) is 60.7 Å². The molecule has 2 aromatic rings. The Balaban J connectivity index is 2.11. The second kappa shape index (κ2) is 5.90. The van der Waals surface area contributed by atoms with Gasteiger partial charge in [-0.25, -0.2) is 0 Å². The third-order valence-corrected chi connectivity index (χ3v) is 4.49. The van der Waals surface area contributed by atoms with Gasteiger partial charge in [0.15, 0.2) is 11.6 Å². The fourth-order valence-corrected chi connectivity index (χ4v) is 3.28. The predicted molar refractivity (Wildman–Crippen MR) is 87.9 cm³/mol. The van der Waals surface area contributed by atoms with Crippen LogP contribution in [0.25, 0.3) is 5.57 Å². The standard InChI is InChI=1S/C19H15ClO2/c1-12-15(13-8-4-2-5-9-13)19(22)17(20)16(18(12)21)14-10-6-3-7-11-14/h2-11,16-17H,1H3. The minimum absolute atomic E-state index is 0.0790. The van der Waals surface area contributed by atoms with Crippen LogP contribution in [0.15, 0.2) is 66.2 Å². The average Bonchev–Trinajstić information content (AvgIpc) is 2.55. The number of ketones is 2. The average molecular weight is 311 g/mol. The summed E-state index contributed by atoms with van der Waals surface area (Å²) in [5.74, 6) is -0.869. The van der Waals surface area contributed by atoms with Crippen LogP contribution in [0.4, 0.5) is 0 Å². The molecule has 0 bridgehead atoms. The van der Waals surface area contributed by atoms with E-state index in [1.165, 1.54) is 0 Å². The molecule has 0 fully saturated rings. The molecule has 0 saturated heterocycles. The highest BCUT2D eigenvalue weighted by Crippen LogP contribution is 2.38. The van der Waals surface area contributed by atoms with Crippen molar-refractivity contribution >= 4 is 28.7 Å². The van der Waals surface area contributed by atoms with Gasteiger partial charge in [-0.3, -0.25) is 9.59 Å². The number of carbonyl (C=O) groups excluding carboxylic acids is 2. The highest BCUT2D eigenvalue weighted by Gasteiger charge is 2.41. The first-order chi connectivity index (χ1) is 10.6. The van der Waals surface area contributed by atoms with Crippen LogP contribution in [0.3, 0.4) is 0 Å². The van der Waals surface area contributed by atoms with Crippen molar-refractivity contribution in [3.05, 3.63) is 77.4 Å². The van der Waals surface area contributed by atoms with Gasteiger partial charge in [0, 0.05) is 11.1 Å². The lowest BCUT2D eigenvalue weighted by atomic mass is 9.76. The monoisotopic (exact) mass is 310 g/mol. The van der Waals surface area contributed by atoms with Crippen molar-refractivity contribution in [3.8, 4) is 0 Å². The first-order valence-electron chi connectivity index (χ1n) is 7.15. The molecule has 0 heterocycles. The van der Waals surface area contributed by atoms with Gasteiger partial charge in [0.25, 0.3) is 0 Å². The van der Waals surface area contributed by atoms with Crippen molar-refractivity contribution in [2.75, 3.05) is 0 Å². The molecule has 1 aliphatic rings. The number of Topliss-reactive ketones (excluding diaryl/α,β-unsaturated/α-hetero) is 2. The van der Waals surface area contributed by atoms with Gasteiger partial charge in [-0.15, -0.1) is 11.6 Å². The maximum absolute atomic E-state index is 12.8. The van der Waals surface area contributed by atoms with E-state index in [0.717, 1.165) is 11.1 Å². The summed E-state index contributed by atoms with van der Waals surface area (Å²) in [5.41, 5.74) is 2.46.